The zero-order valence-corrected chi connectivity index (χ0v) is 12.2. The molecule has 0 N–H and O–H groups in total. The third-order valence-electron chi connectivity index (χ3n) is 3.75. The molecule has 0 fully saturated rings. The molecule has 2 rings (SSSR count). The van der Waals surface area contributed by atoms with Crippen molar-refractivity contribution in [2.24, 2.45) is 0 Å². The fourth-order valence-electron chi connectivity index (χ4n) is 3.05. The molecule has 0 aliphatic carbocycles. The molecule has 0 saturated heterocycles. The molecule has 0 aromatic heterocycles. The molecule has 0 saturated carbocycles. The maximum Gasteiger partial charge on any atom is -0.0146 e. The molecule has 0 amide bonds. The van der Waals surface area contributed by atoms with Gasteiger partial charge in [0, 0.05) is 0 Å². The Bertz CT molecular complexity index is 547. The Morgan fingerprint density at radius 3 is 2.06 bits per heavy atom. The van der Waals surface area contributed by atoms with E-state index in [1.807, 2.05) is 0 Å². The largest absolute Gasteiger partial charge is 0.0616 e. The van der Waals surface area contributed by atoms with E-state index in [9.17, 15) is 0 Å². The molecule has 0 bridgehead atoms. The van der Waals surface area contributed by atoms with Crippen molar-refractivity contribution in [3.8, 4) is 0 Å². The SMILES string of the molecule is CCc1cc2ccccc2c(C(C)C)c1C(C)C. The van der Waals surface area contributed by atoms with Gasteiger partial charge in [-0.3, -0.25) is 0 Å². The summed E-state index contributed by atoms with van der Waals surface area (Å²) >= 11 is 0. The van der Waals surface area contributed by atoms with Crippen LogP contribution in [0.3, 0.4) is 0 Å². The molecule has 0 nitrogen and oxygen atoms in total. The number of rotatable bonds is 3. The standard InChI is InChI=1S/C18H24/c1-6-14-11-15-9-7-8-10-16(15)18(13(4)5)17(14)12(2)3/h7-13H,6H2,1-5H3. The molecule has 96 valence electrons. The summed E-state index contributed by atoms with van der Waals surface area (Å²) in [4.78, 5) is 0. The van der Waals surface area contributed by atoms with E-state index < -0.39 is 0 Å². The lowest BCUT2D eigenvalue weighted by atomic mass is 9.82. The Morgan fingerprint density at radius 1 is 0.889 bits per heavy atom. The van der Waals surface area contributed by atoms with Crippen LogP contribution in [0.1, 0.15) is 63.1 Å². The summed E-state index contributed by atoms with van der Waals surface area (Å²) in [6.07, 6.45) is 1.12. The molecule has 0 spiro atoms. The average Bonchev–Trinajstić information content (AvgIpc) is 2.35. The van der Waals surface area contributed by atoms with Gasteiger partial charge in [0.05, 0.1) is 0 Å². The van der Waals surface area contributed by atoms with E-state index in [4.69, 9.17) is 0 Å². The van der Waals surface area contributed by atoms with Crippen LogP contribution in [0.15, 0.2) is 30.3 Å². The second-order valence-corrected chi connectivity index (χ2v) is 5.75. The number of aryl methyl sites for hydroxylation is 1. The van der Waals surface area contributed by atoms with Gasteiger partial charge >= 0.3 is 0 Å². The van der Waals surface area contributed by atoms with Crippen LogP contribution in [0.2, 0.25) is 0 Å². The molecule has 0 heterocycles. The van der Waals surface area contributed by atoms with Gasteiger partial charge in [-0.15, -0.1) is 0 Å². The van der Waals surface area contributed by atoms with Gasteiger partial charge in [-0.2, -0.15) is 0 Å². The molecule has 0 atom stereocenters. The Morgan fingerprint density at radius 2 is 1.50 bits per heavy atom. The molecule has 2 aromatic carbocycles. The van der Waals surface area contributed by atoms with Crippen LogP contribution in [0.25, 0.3) is 10.8 Å². The first-order valence-corrected chi connectivity index (χ1v) is 7.10. The smallest absolute Gasteiger partial charge is 0.0146 e. The van der Waals surface area contributed by atoms with Crippen molar-refractivity contribution < 1.29 is 0 Å². The van der Waals surface area contributed by atoms with Gasteiger partial charge in [-0.1, -0.05) is 65.0 Å². The quantitative estimate of drug-likeness (QED) is 0.650. The van der Waals surface area contributed by atoms with Gasteiger partial charge in [-0.25, -0.2) is 0 Å². The molecule has 0 heteroatoms. The summed E-state index contributed by atoms with van der Waals surface area (Å²) in [6.45, 7) is 11.5. The van der Waals surface area contributed by atoms with Crippen LogP contribution in [0.4, 0.5) is 0 Å². The van der Waals surface area contributed by atoms with Crippen molar-refractivity contribution in [3.63, 3.8) is 0 Å². The summed E-state index contributed by atoms with van der Waals surface area (Å²) in [5.74, 6) is 1.18. The van der Waals surface area contributed by atoms with Crippen LogP contribution in [-0.2, 0) is 6.42 Å². The first kappa shape index (κ1) is 13.1. The van der Waals surface area contributed by atoms with Gasteiger partial charge in [0.1, 0.15) is 0 Å². The summed E-state index contributed by atoms with van der Waals surface area (Å²) in [6, 6.07) is 11.2. The van der Waals surface area contributed by atoms with Gasteiger partial charge < -0.3 is 0 Å². The fraction of sp³-hybridized carbons (Fsp3) is 0.444. The topological polar surface area (TPSA) is 0 Å². The van der Waals surface area contributed by atoms with Gasteiger partial charge in [-0.05, 0) is 45.7 Å². The molecular formula is C18H24. The van der Waals surface area contributed by atoms with E-state index in [0.717, 1.165) is 6.42 Å². The minimum absolute atomic E-state index is 0.582. The van der Waals surface area contributed by atoms with Crippen molar-refractivity contribution in [1.82, 2.24) is 0 Å². The number of fused-ring (bicyclic) bond motifs is 1. The average molecular weight is 240 g/mol. The van der Waals surface area contributed by atoms with Crippen molar-refractivity contribution in [2.45, 2.75) is 52.9 Å². The highest BCUT2D eigenvalue weighted by atomic mass is 14.2. The maximum absolute atomic E-state index is 2.39. The molecule has 0 radical (unpaired) electrons. The Balaban J connectivity index is 2.89. The molecule has 0 unspecified atom stereocenters. The Kier molecular flexibility index (Phi) is 3.75. The van der Waals surface area contributed by atoms with Crippen molar-refractivity contribution in [3.05, 3.63) is 47.0 Å². The number of hydrogen-bond donors (Lipinski definition) is 0. The first-order chi connectivity index (χ1) is 8.56. The Hall–Kier alpha value is -1.30. The number of hydrogen-bond acceptors (Lipinski definition) is 0. The van der Waals surface area contributed by atoms with Crippen molar-refractivity contribution >= 4 is 10.8 Å². The summed E-state index contributed by atoms with van der Waals surface area (Å²) in [5.41, 5.74) is 4.65. The van der Waals surface area contributed by atoms with E-state index in [1.54, 1.807) is 11.1 Å². The second-order valence-electron chi connectivity index (χ2n) is 5.75. The van der Waals surface area contributed by atoms with Crippen LogP contribution in [0, 0.1) is 0 Å². The first-order valence-electron chi connectivity index (χ1n) is 7.10. The minimum Gasteiger partial charge on any atom is -0.0616 e. The zero-order chi connectivity index (χ0) is 13.3. The Labute approximate surface area is 111 Å². The second kappa shape index (κ2) is 5.14. The van der Waals surface area contributed by atoms with E-state index in [-0.39, 0.29) is 0 Å². The maximum atomic E-state index is 2.39. The van der Waals surface area contributed by atoms with Crippen molar-refractivity contribution in [2.75, 3.05) is 0 Å². The third-order valence-corrected chi connectivity index (χ3v) is 3.75. The van der Waals surface area contributed by atoms with Crippen molar-refractivity contribution in [1.29, 1.82) is 0 Å². The molecule has 2 aromatic rings. The third kappa shape index (κ3) is 2.16. The van der Waals surface area contributed by atoms with E-state index in [2.05, 4.69) is 65.0 Å². The molecule has 0 aliphatic heterocycles. The van der Waals surface area contributed by atoms with E-state index in [1.165, 1.54) is 16.3 Å². The number of benzene rings is 2. The van der Waals surface area contributed by atoms with Crippen LogP contribution >= 0.6 is 0 Å². The lowest BCUT2D eigenvalue weighted by Gasteiger charge is -2.22. The lowest BCUT2D eigenvalue weighted by molar-refractivity contribution is 0.783. The summed E-state index contributed by atoms with van der Waals surface area (Å²) in [7, 11) is 0. The highest BCUT2D eigenvalue weighted by molar-refractivity contribution is 5.88. The fourth-order valence-corrected chi connectivity index (χ4v) is 3.05. The van der Waals surface area contributed by atoms with Gasteiger partial charge in [0.25, 0.3) is 0 Å². The highest BCUT2D eigenvalue weighted by Gasteiger charge is 2.17. The van der Waals surface area contributed by atoms with Crippen LogP contribution in [0.5, 0.6) is 0 Å². The summed E-state index contributed by atoms with van der Waals surface area (Å²) < 4.78 is 0. The van der Waals surface area contributed by atoms with Crippen LogP contribution in [-0.4, -0.2) is 0 Å². The zero-order valence-electron chi connectivity index (χ0n) is 12.2. The molecular weight excluding hydrogens is 216 g/mol. The minimum atomic E-state index is 0.582. The van der Waals surface area contributed by atoms with Crippen LogP contribution < -0.4 is 0 Å². The predicted molar refractivity (Wildman–Crippen MR) is 81.5 cm³/mol. The summed E-state index contributed by atoms with van der Waals surface area (Å²) in [5, 5.41) is 2.83. The van der Waals surface area contributed by atoms with E-state index in [0.29, 0.717) is 11.8 Å². The monoisotopic (exact) mass is 240 g/mol. The lowest BCUT2D eigenvalue weighted by Crippen LogP contribution is -2.04. The normalized spacial score (nSPS) is 11.7. The highest BCUT2D eigenvalue weighted by Crippen LogP contribution is 2.36. The van der Waals surface area contributed by atoms with Gasteiger partial charge in [0.2, 0.25) is 0 Å². The van der Waals surface area contributed by atoms with E-state index >= 15 is 0 Å². The van der Waals surface area contributed by atoms with Gasteiger partial charge in [0.15, 0.2) is 0 Å². The predicted octanol–water partition coefficient (Wildman–Crippen LogP) is 5.65. The molecule has 18 heavy (non-hydrogen) atoms. The molecule has 0 aliphatic rings.